The molecule has 0 radical (unpaired) electrons. The third-order valence-corrected chi connectivity index (χ3v) is 12.3. The van der Waals surface area contributed by atoms with Gasteiger partial charge in [0.25, 0.3) is 0 Å². The lowest BCUT2D eigenvalue weighted by Gasteiger charge is -2.17. The molecule has 0 saturated heterocycles. The highest BCUT2D eigenvalue weighted by molar-refractivity contribution is 6.23. The summed E-state index contributed by atoms with van der Waals surface area (Å²) in [6.07, 6.45) is 0. The molecular formula is C59H37N3. The van der Waals surface area contributed by atoms with Crippen molar-refractivity contribution >= 4 is 53.9 Å². The molecule has 0 atom stereocenters. The maximum absolute atomic E-state index is 5.35. The standard InChI is InChI=1S/C59H37N3/c1-2-15-38(16-3-1)46-22-10-13-27-53(46)58-60-57(42-31-29-41(30-32-42)45-28-14-20-39-17-4-7-21-44(39)45)61-59(62-58)54-36-35-51(49-25-11-12-26-50(49)54)56-48-24-9-6-19-43(48)37-55-47-23-8-5-18-40(47)33-34-52(55)56/h1-37H. The van der Waals surface area contributed by atoms with Gasteiger partial charge in [-0.2, -0.15) is 0 Å². The molecule has 0 aliphatic rings. The Balaban J connectivity index is 1.07. The van der Waals surface area contributed by atoms with Crippen LogP contribution < -0.4 is 0 Å². The van der Waals surface area contributed by atoms with E-state index in [1.54, 1.807) is 0 Å². The summed E-state index contributed by atoms with van der Waals surface area (Å²) in [6.45, 7) is 0. The third-order valence-electron chi connectivity index (χ3n) is 12.3. The number of nitrogens with zero attached hydrogens (tertiary/aromatic N) is 3. The van der Waals surface area contributed by atoms with Crippen LogP contribution in [-0.2, 0) is 0 Å². The molecule has 12 aromatic rings. The molecule has 0 bridgehead atoms. The van der Waals surface area contributed by atoms with Crippen molar-refractivity contribution in [2.75, 3.05) is 0 Å². The van der Waals surface area contributed by atoms with E-state index in [2.05, 4.69) is 218 Å². The minimum absolute atomic E-state index is 0.623. The van der Waals surface area contributed by atoms with Gasteiger partial charge in [0, 0.05) is 16.7 Å². The average molecular weight is 788 g/mol. The van der Waals surface area contributed by atoms with Gasteiger partial charge in [-0.3, -0.25) is 0 Å². The second-order valence-electron chi connectivity index (χ2n) is 15.9. The van der Waals surface area contributed by atoms with Crippen molar-refractivity contribution in [2.24, 2.45) is 0 Å². The van der Waals surface area contributed by atoms with Crippen LogP contribution in [0.4, 0.5) is 0 Å². The first-order chi connectivity index (χ1) is 30.7. The fourth-order valence-electron chi connectivity index (χ4n) is 9.39. The number of rotatable bonds is 6. The van der Waals surface area contributed by atoms with Crippen LogP contribution in [0.5, 0.6) is 0 Å². The van der Waals surface area contributed by atoms with E-state index in [4.69, 9.17) is 15.0 Å². The van der Waals surface area contributed by atoms with E-state index in [-0.39, 0.29) is 0 Å². The van der Waals surface area contributed by atoms with E-state index in [1.807, 2.05) is 6.07 Å². The van der Waals surface area contributed by atoms with Crippen molar-refractivity contribution < 1.29 is 0 Å². The normalized spacial score (nSPS) is 11.5. The van der Waals surface area contributed by atoms with Gasteiger partial charge in [0.1, 0.15) is 0 Å². The Kier molecular flexibility index (Phi) is 8.50. The van der Waals surface area contributed by atoms with E-state index >= 15 is 0 Å². The summed E-state index contributed by atoms with van der Waals surface area (Å²) < 4.78 is 0. The Morgan fingerprint density at radius 3 is 1.48 bits per heavy atom. The Bertz CT molecular complexity index is 3680. The van der Waals surface area contributed by atoms with Gasteiger partial charge < -0.3 is 0 Å². The Morgan fingerprint density at radius 1 is 0.210 bits per heavy atom. The first kappa shape index (κ1) is 35.7. The Hall–Kier alpha value is -8.27. The highest BCUT2D eigenvalue weighted by atomic mass is 15.0. The minimum Gasteiger partial charge on any atom is -0.208 e. The quantitative estimate of drug-likeness (QED) is 0.124. The van der Waals surface area contributed by atoms with Crippen molar-refractivity contribution in [1.29, 1.82) is 0 Å². The molecule has 0 spiro atoms. The fourth-order valence-corrected chi connectivity index (χ4v) is 9.39. The third kappa shape index (κ3) is 6.02. The molecule has 0 amide bonds. The van der Waals surface area contributed by atoms with Gasteiger partial charge in [0.05, 0.1) is 0 Å². The molecule has 62 heavy (non-hydrogen) atoms. The highest BCUT2D eigenvalue weighted by Crippen LogP contribution is 2.44. The summed E-state index contributed by atoms with van der Waals surface area (Å²) in [5.41, 5.74) is 9.74. The van der Waals surface area contributed by atoms with Crippen LogP contribution in [-0.4, -0.2) is 15.0 Å². The first-order valence-electron chi connectivity index (χ1n) is 21.1. The van der Waals surface area contributed by atoms with Crippen molar-refractivity contribution in [1.82, 2.24) is 15.0 Å². The number of benzene rings is 11. The number of hydrogen-bond acceptors (Lipinski definition) is 3. The molecule has 0 aliphatic carbocycles. The second kappa shape index (κ2) is 14.8. The molecule has 12 rings (SSSR count). The van der Waals surface area contributed by atoms with Crippen molar-refractivity contribution in [3.05, 3.63) is 224 Å². The van der Waals surface area contributed by atoms with E-state index in [1.165, 1.54) is 59.8 Å². The molecule has 0 N–H and O–H groups in total. The molecule has 1 aromatic heterocycles. The second-order valence-corrected chi connectivity index (χ2v) is 15.9. The summed E-state index contributed by atoms with van der Waals surface area (Å²) in [4.78, 5) is 15.9. The van der Waals surface area contributed by atoms with Crippen LogP contribution in [0, 0.1) is 0 Å². The van der Waals surface area contributed by atoms with Gasteiger partial charge in [-0.25, -0.2) is 15.0 Å². The predicted octanol–water partition coefficient (Wildman–Crippen LogP) is 15.6. The van der Waals surface area contributed by atoms with Gasteiger partial charge in [-0.15, -0.1) is 0 Å². The Labute approximate surface area is 359 Å². The van der Waals surface area contributed by atoms with Crippen LogP contribution in [0.2, 0.25) is 0 Å². The highest BCUT2D eigenvalue weighted by Gasteiger charge is 2.20. The Morgan fingerprint density at radius 2 is 0.710 bits per heavy atom. The molecule has 11 aromatic carbocycles. The number of hydrogen-bond donors (Lipinski definition) is 0. The summed E-state index contributed by atoms with van der Waals surface area (Å²) in [6, 6.07) is 80.0. The van der Waals surface area contributed by atoms with Crippen molar-refractivity contribution in [2.45, 2.75) is 0 Å². The lowest BCUT2D eigenvalue weighted by atomic mass is 9.87. The summed E-state index contributed by atoms with van der Waals surface area (Å²) in [5, 5.41) is 12.1. The molecule has 3 heteroatoms. The van der Waals surface area contributed by atoms with E-state index < -0.39 is 0 Å². The molecule has 0 unspecified atom stereocenters. The minimum atomic E-state index is 0.623. The summed E-state index contributed by atoms with van der Waals surface area (Å²) in [5.74, 6) is 1.88. The van der Waals surface area contributed by atoms with Crippen LogP contribution in [0.25, 0.3) is 121 Å². The van der Waals surface area contributed by atoms with Crippen LogP contribution in [0.15, 0.2) is 224 Å². The van der Waals surface area contributed by atoms with Gasteiger partial charge in [0.2, 0.25) is 0 Å². The van der Waals surface area contributed by atoms with Crippen LogP contribution in [0.3, 0.4) is 0 Å². The van der Waals surface area contributed by atoms with E-state index in [0.29, 0.717) is 17.5 Å². The van der Waals surface area contributed by atoms with Gasteiger partial charge in [0.15, 0.2) is 17.5 Å². The number of fused-ring (bicyclic) bond motifs is 6. The van der Waals surface area contributed by atoms with E-state index in [9.17, 15) is 0 Å². The average Bonchev–Trinajstić information content (AvgIpc) is 3.35. The van der Waals surface area contributed by atoms with E-state index in [0.717, 1.165) is 44.2 Å². The van der Waals surface area contributed by atoms with Gasteiger partial charge in [-0.05, 0) is 99.4 Å². The zero-order valence-electron chi connectivity index (χ0n) is 33.7. The fraction of sp³-hybridized carbons (Fsp3) is 0. The molecule has 0 fully saturated rings. The zero-order valence-corrected chi connectivity index (χ0v) is 33.7. The molecular weight excluding hydrogens is 751 g/mol. The molecule has 3 nitrogen and oxygen atoms in total. The SMILES string of the molecule is c1ccc(-c2ccccc2-c2nc(-c3ccc(-c4cccc5ccccc45)cc3)nc(-c3ccc(-c4c5ccccc5cc5c4ccc4ccccc45)c4ccccc34)n2)cc1. The largest absolute Gasteiger partial charge is 0.208 e. The van der Waals surface area contributed by atoms with Crippen LogP contribution in [0.1, 0.15) is 0 Å². The van der Waals surface area contributed by atoms with Crippen molar-refractivity contribution in [3.8, 4) is 67.5 Å². The smallest absolute Gasteiger partial charge is 0.164 e. The number of aromatic nitrogens is 3. The summed E-state index contributed by atoms with van der Waals surface area (Å²) >= 11 is 0. The monoisotopic (exact) mass is 787 g/mol. The molecule has 1 heterocycles. The summed E-state index contributed by atoms with van der Waals surface area (Å²) in [7, 11) is 0. The van der Waals surface area contributed by atoms with Gasteiger partial charge in [-0.1, -0.05) is 212 Å². The molecule has 0 saturated carbocycles. The lowest BCUT2D eigenvalue weighted by molar-refractivity contribution is 1.08. The van der Waals surface area contributed by atoms with Crippen molar-refractivity contribution in [3.63, 3.8) is 0 Å². The predicted molar refractivity (Wildman–Crippen MR) is 260 cm³/mol. The van der Waals surface area contributed by atoms with Gasteiger partial charge >= 0.3 is 0 Å². The maximum atomic E-state index is 5.35. The molecule has 0 aliphatic heterocycles. The topological polar surface area (TPSA) is 38.7 Å². The maximum Gasteiger partial charge on any atom is 0.164 e. The zero-order chi connectivity index (χ0) is 41.0. The first-order valence-corrected chi connectivity index (χ1v) is 21.1. The lowest BCUT2D eigenvalue weighted by Crippen LogP contribution is -2.02. The molecule has 288 valence electrons. The van der Waals surface area contributed by atoms with Crippen LogP contribution >= 0.6 is 0 Å².